The van der Waals surface area contributed by atoms with Crippen LogP contribution in [0.1, 0.15) is 35.1 Å². The molecule has 2 atom stereocenters. The standard InChI is InChI=1S/C25H19NO2/c1-25-18-13-7-5-11-16(18)20(17-12-6-8-14-19(17)25)21-22(25)24(28)26(23(21)27)15-9-3-2-4-10-15/h2-14,20-22H,1H3/t20?,21-,22+,25?/m1/s1. The van der Waals surface area contributed by atoms with E-state index in [-0.39, 0.29) is 29.6 Å². The molecule has 28 heavy (non-hydrogen) atoms. The topological polar surface area (TPSA) is 37.4 Å². The zero-order valence-electron chi connectivity index (χ0n) is 15.5. The Morgan fingerprint density at radius 1 is 0.714 bits per heavy atom. The molecule has 0 radical (unpaired) electrons. The first-order chi connectivity index (χ1) is 13.6. The van der Waals surface area contributed by atoms with Gasteiger partial charge in [0, 0.05) is 11.3 Å². The molecule has 3 nitrogen and oxygen atoms in total. The summed E-state index contributed by atoms with van der Waals surface area (Å²) in [6.45, 7) is 2.15. The molecule has 0 N–H and O–H groups in total. The molecule has 1 heterocycles. The van der Waals surface area contributed by atoms with Crippen molar-refractivity contribution in [3.63, 3.8) is 0 Å². The van der Waals surface area contributed by atoms with Crippen molar-refractivity contribution in [1.82, 2.24) is 0 Å². The van der Waals surface area contributed by atoms with Crippen LogP contribution < -0.4 is 4.90 Å². The van der Waals surface area contributed by atoms with E-state index in [1.54, 1.807) is 0 Å². The molecule has 0 aromatic heterocycles. The molecule has 2 bridgehead atoms. The van der Waals surface area contributed by atoms with E-state index in [1.165, 1.54) is 27.2 Å². The zero-order chi connectivity index (χ0) is 19.0. The van der Waals surface area contributed by atoms with Gasteiger partial charge in [-0.25, -0.2) is 4.90 Å². The molecule has 136 valence electrons. The summed E-state index contributed by atoms with van der Waals surface area (Å²) >= 11 is 0. The summed E-state index contributed by atoms with van der Waals surface area (Å²) in [4.78, 5) is 28.7. The normalized spacial score (nSPS) is 29.5. The summed E-state index contributed by atoms with van der Waals surface area (Å²) in [6, 6.07) is 26.0. The van der Waals surface area contributed by atoms with E-state index in [0.717, 1.165) is 0 Å². The lowest BCUT2D eigenvalue weighted by Gasteiger charge is -2.52. The van der Waals surface area contributed by atoms with E-state index in [0.29, 0.717) is 5.69 Å². The summed E-state index contributed by atoms with van der Waals surface area (Å²) in [7, 11) is 0. The second-order valence-corrected chi connectivity index (χ2v) is 8.21. The lowest BCUT2D eigenvalue weighted by Crippen LogP contribution is -2.51. The summed E-state index contributed by atoms with van der Waals surface area (Å²) in [5.74, 6) is -0.916. The van der Waals surface area contributed by atoms with Crippen LogP contribution in [-0.2, 0) is 15.0 Å². The fourth-order valence-corrected chi connectivity index (χ4v) is 5.98. The number of carbonyl (C=O) groups excluding carboxylic acids is 2. The Hall–Kier alpha value is -3.20. The van der Waals surface area contributed by atoms with Crippen molar-refractivity contribution in [3.05, 3.63) is 101 Å². The molecule has 0 saturated carbocycles. The molecule has 2 amide bonds. The maximum atomic E-state index is 13.7. The number of carbonyl (C=O) groups is 2. The lowest BCUT2D eigenvalue weighted by molar-refractivity contribution is -0.123. The molecule has 3 heteroatoms. The Labute approximate surface area is 163 Å². The SMILES string of the molecule is CC12c3ccccc3C(c3ccccc31)[C@H]1C(=O)N(c3ccccc3)C(=O)[C@H]12. The van der Waals surface area contributed by atoms with Crippen molar-refractivity contribution < 1.29 is 9.59 Å². The third-order valence-corrected chi connectivity index (χ3v) is 7.06. The second-order valence-electron chi connectivity index (χ2n) is 8.21. The van der Waals surface area contributed by atoms with Crippen LogP contribution >= 0.6 is 0 Å². The molecule has 7 rings (SSSR count). The molecule has 3 aromatic carbocycles. The van der Waals surface area contributed by atoms with Gasteiger partial charge in [0.2, 0.25) is 11.8 Å². The van der Waals surface area contributed by atoms with Crippen LogP contribution in [0.3, 0.4) is 0 Å². The Kier molecular flexibility index (Phi) is 2.94. The first kappa shape index (κ1) is 15.8. The van der Waals surface area contributed by atoms with E-state index in [9.17, 15) is 9.59 Å². The van der Waals surface area contributed by atoms with Crippen molar-refractivity contribution in [2.75, 3.05) is 4.90 Å². The van der Waals surface area contributed by atoms with Gasteiger partial charge < -0.3 is 0 Å². The van der Waals surface area contributed by atoms with Gasteiger partial charge in [-0.3, -0.25) is 9.59 Å². The van der Waals surface area contributed by atoms with Crippen LogP contribution in [0.5, 0.6) is 0 Å². The Morgan fingerprint density at radius 3 is 1.86 bits per heavy atom. The Morgan fingerprint density at radius 2 is 1.25 bits per heavy atom. The fraction of sp³-hybridized carbons (Fsp3) is 0.200. The van der Waals surface area contributed by atoms with Crippen molar-refractivity contribution in [1.29, 1.82) is 0 Å². The summed E-state index contributed by atoms with van der Waals surface area (Å²) in [5, 5.41) is 0. The van der Waals surface area contributed by atoms with Gasteiger partial charge >= 0.3 is 0 Å². The fourth-order valence-electron chi connectivity index (χ4n) is 5.98. The van der Waals surface area contributed by atoms with Crippen LogP contribution in [0.2, 0.25) is 0 Å². The lowest BCUT2D eigenvalue weighted by atomic mass is 9.48. The van der Waals surface area contributed by atoms with E-state index in [1.807, 2.05) is 54.6 Å². The van der Waals surface area contributed by atoms with Gasteiger partial charge in [0.05, 0.1) is 17.5 Å². The number of imide groups is 1. The number of hydrogen-bond donors (Lipinski definition) is 0. The molecular weight excluding hydrogens is 346 g/mol. The minimum atomic E-state index is -0.497. The number of benzene rings is 3. The minimum Gasteiger partial charge on any atom is -0.274 e. The molecule has 3 aliphatic carbocycles. The average molecular weight is 365 g/mol. The molecule has 1 fully saturated rings. The molecular formula is C25H19NO2. The first-order valence-corrected chi connectivity index (χ1v) is 9.75. The number of anilines is 1. The van der Waals surface area contributed by atoms with E-state index >= 15 is 0 Å². The Balaban J connectivity index is 1.64. The van der Waals surface area contributed by atoms with Crippen LogP contribution in [-0.4, -0.2) is 11.8 Å². The predicted octanol–water partition coefficient (Wildman–Crippen LogP) is 4.26. The van der Waals surface area contributed by atoms with Gasteiger partial charge in [0.15, 0.2) is 0 Å². The van der Waals surface area contributed by atoms with Crippen molar-refractivity contribution in [2.24, 2.45) is 11.8 Å². The summed E-state index contributed by atoms with van der Waals surface area (Å²) < 4.78 is 0. The third kappa shape index (κ3) is 1.66. The van der Waals surface area contributed by atoms with E-state index in [4.69, 9.17) is 0 Å². The smallest absolute Gasteiger partial charge is 0.238 e. The highest BCUT2D eigenvalue weighted by atomic mass is 16.2. The number of amides is 2. The summed E-state index contributed by atoms with van der Waals surface area (Å²) in [6.07, 6.45) is 0. The van der Waals surface area contributed by atoms with Gasteiger partial charge in [-0.15, -0.1) is 0 Å². The van der Waals surface area contributed by atoms with E-state index < -0.39 is 5.41 Å². The van der Waals surface area contributed by atoms with Crippen molar-refractivity contribution in [3.8, 4) is 0 Å². The monoisotopic (exact) mass is 365 g/mol. The number of rotatable bonds is 1. The van der Waals surface area contributed by atoms with Gasteiger partial charge in [-0.05, 0) is 34.4 Å². The minimum absolute atomic E-state index is 0.0654. The maximum Gasteiger partial charge on any atom is 0.238 e. The van der Waals surface area contributed by atoms with Crippen LogP contribution in [0.25, 0.3) is 0 Å². The quantitative estimate of drug-likeness (QED) is 0.605. The van der Waals surface area contributed by atoms with Crippen molar-refractivity contribution in [2.45, 2.75) is 18.3 Å². The summed E-state index contributed by atoms with van der Waals surface area (Å²) in [5.41, 5.74) is 4.94. The zero-order valence-corrected chi connectivity index (χ0v) is 15.5. The number of hydrogen-bond acceptors (Lipinski definition) is 2. The average Bonchev–Trinajstić information content (AvgIpc) is 3.01. The highest BCUT2D eigenvalue weighted by Gasteiger charge is 2.66. The van der Waals surface area contributed by atoms with E-state index in [2.05, 4.69) is 31.2 Å². The molecule has 0 unspecified atom stereocenters. The van der Waals surface area contributed by atoms with Crippen LogP contribution in [0, 0.1) is 11.8 Å². The predicted molar refractivity (Wildman–Crippen MR) is 107 cm³/mol. The van der Waals surface area contributed by atoms with Crippen molar-refractivity contribution >= 4 is 17.5 Å². The van der Waals surface area contributed by atoms with Crippen LogP contribution in [0.4, 0.5) is 5.69 Å². The number of para-hydroxylation sites is 1. The Bertz CT molecular complexity index is 1100. The number of nitrogens with zero attached hydrogens (tertiary/aromatic N) is 1. The van der Waals surface area contributed by atoms with Gasteiger partial charge in [-0.1, -0.05) is 73.7 Å². The second kappa shape index (κ2) is 5.20. The van der Waals surface area contributed by atoms with Gasteiger partial charge in [0.1, 0.15) is 0 Å². The largest absolute Gasteiger partial charge is 0.274 e. The molecule has 4 aliphatic rings. The third-order valence-electron chi connectivity index (χ3n) is 7.06. The maximum absolute atomic E-state index is 13.7. The highest BCUT2D eigenvalue weighted by molar-refractivity contribution is 6.23. The molecule has 1 saturated heterocycles. The highest BCUT2D eigenvalue weighted by Crippen LogP contribution is 2.64. The van der Waals surface area contributed by atoms with Gasteiger partial charge in [0.25, 0.3) is 0 Å². The molecule has 0 spiro atoms. The molecule has 3 aromatic rings. The first-order valence-electron chi connectivity index (χ1n) is 9.75. The van der Waals surface area contributed by atoms with Crippen LogP contribution in [0.15, 0.2) is 78.9 Å². The van der Waals surface area contributed by atoms with Gasteiger partial charge in [-0.2, -0.15) is 0 Å². The molecule has 1 aliphatic heterocycles.